The lowest BCUT2D eigenvalue weighted by molar-refractivity contribution is 0.0950. The monoisotopic (exact) mass is 367 g/mol. The Balaban J connectivity index is 1.79. The molecule has 0 aliphatic heterocycles. The van der Waals surface area contributed by atoms with E-state index in [1.807, 2.05) is 22.9 Å². The normalized spacial score (nSPS) is 11.0. The fraction of sp³-hybridized carbons (Fsp3) is 0.333. The Morgan fingerprint density at radius 1 is 1.11 bits per heavy atom. The number of nitrogens with one attached hydrogen (secondary N) is 1. The minimum absolute atomic E-state index is 0.182. The Bertz CT molecular complexity index is 947. The first-order chi connectivity index (χ1) is 13.0. The standard InChI is InChI=1S/C21H25N3O3/c1-14(2)13-24-18-8-6-5-7-16(18)17(23-24)12-22-21(25)15-9-10-19(26-3)20(11-15)27-4/h5-11,14H,12-13H2,1-4H3,(H,22,25). The molecule has 3 aromatic rings. The highest BCUT2D eigenvalue weighted by atomic mass is 16.5. The van der Waals surface area contributed by atoms with Gasteiger partial charge in [0.25, 0.3) is 5.91 Å². The second-order valence-corrected chi connectivity index (χ2v) is 6.79. The number of fused-ring (bicyclic) bond motifs is 1. The van der Waals surface area contributed by atoms with E-state index in [0.29, 0.717) is 29.5 Å². The first kappa shape index (κ1) is 18.8. The van der Waals surface area contributed by atoms with Gasteiger partial charge in [-0.25, -0.2) is 0 Å². The second-order valence-electron chi connectivity index (χ2n) is 6.79. The number of methoxy groups -OCH3 is 2. The predicted octanol–water partition coefficient (Wildman–Crippen LogP) is 3.64. The zero-order valence-electron chi connectivity index (χ0n) is 16.2. The van der Waals surface area contributed by atoms with Gasteiger partial charge in [0.05, 0.1) is 32.0 Å². The van der Waals surface area contributed by atoms with Gasteiger partial charge >= 0.3 is 0 Å². The molecule has 0 atom stereocenters. The van der Waals surface area contributed by atoms with Gasteiger partial charge in [0.2, 0.25) is 0 Å². The third kappa shape index (κ3) is 4.05. The highest BCUT2D eigenvalue weighted by Crippen LogP contribution is 2.27. The summed E-state index contributed by atoms with van der Waals surface area (Å²) < 4.78 is 12.5. The average molecular weight is 367 g/mol. The number of rotatable bonds is 7. The van der Waals surface area contributed by atoms with Gasteiger partial charge in [-0.15, -0.1) is 0 Å². The molecular formula is C21H25N3O3. The molecule has 6 heteroatoms. The van der Waals surface area contributed by atoms with E-state index in [1.54, 1.807) is 32.4 Å². The van der Waals surface area contributed by atoms with Crippen LogP contribution in [0.25, 0.3) is 10.9 Å². The van der Waals surface area contributed by atoms with Gasteiger partial charge in [0.15, 0.2) is 11.5 Å². The van der Waals surface area contributed by atoms with Crippen LogP contribution in [0.1, 0.15) is 29.9 Å². The molecule has 0 aliphatic carbocycles. The number of para-hydroxylation sites is 1. The van der Waals surface area contributed by atoms with Gasteiger partial charge in [-0.05, 0) is 30.2 Å². The van der Waals surface area contributed by atoms with Crippen LogP contribution in [0, 0.1) is 5.92 Å². The van der Waals surface area contributed by atoms with Crippen LogP contribution in [0.2, 0.25) is 0 Å². The van der Waals surface area contributed by atoms with Gasteiger partial charge in [-0.1, -0.05) is 32.0 Å². The quantitative estimate of drug-likeness (QED) is 0.692. The summed E-state index contributed by atoms with van der Waals surface area (Å²) in [6.07, 6.45) is 0. The number of benzene rings is 2. The molecule has 1 N–H and O–H groups in total. The fourth-order valence-electron chi connectivity index (χ4n) is 3.06. The molecule has 1 amide bonds. The van der Waals surface area contributed by atoms with Crippen LogP contribution in [0.4, 0.5) is 0 Å². The maximum Gasteiger partial charge on any atom is 0.251 e. The number of aromatic nitrogens is 2. The van der Waals surface area contributed by atoms with Crippen molar-refractivity contribution in [1.29, 1.82) is 0 Å². The van der Waals surface area contributed by atoms with Crippen molar-refractivity contribution in [2.75, 3.05) is 14.2 Å². The maximum absolute atomic E-state index is 12.6. The van der Waals surface area contributed by atoms with Gasteiger partial charge in [-0.3, -0.25) is 9.48 Å². The van der Waals surface area contributed by atoms with Crippen molar-refractivity contribution in [1.82, 2.24) is 15.1 Å². The fourth-order valence-corrected chi connectivity index (χ4v) is 3.06. The van der Waals surface area contributed by atoms with E-state index < -0.39 is 0 Å². The lowest BCUT2D eigenvalue weighted by Crippen LogP contribution is -2.23. The molecule has 142 valence electrons. The van der Waals surface area contributed by atoms with Crippen molar-refractivity contribution < 1.29 is 14.3 Å². The summed E-state index contributed by atoms with van der Waals surface area (Å²) in [5.41, 5.74) is 2.46. The number of nitrogens with zero attached hydrogens (tertiary/aromatic N) is 2. The summed E-state index contributed by atoms with van der Waals surface area (Å²) in [4.78, 5) is 12.6. The van der Waals surface area contributed by atoms with Crippen molar-refractivity contribution in [3.63, 3.8) is 0 Å². The third-order valence-electron chi connectivity index (χ3n) is 4.33. The molecule has 0 bridgehead atoms. The van der Waals surface area contributed by atoms with Gasteiger partial charge in [0, 0.05) is 17.5 Å². The van der Waals surface area contributed by atoms with Crippen molar-refractivity contribution >= 4 is 16.8 Å². The van der Waals surface area contributed by atoms with E-state index in [-0.39, 0.29) is 5.91 Å². The van der Waals surface area contributed by atoms with Crippen LogP contribution in [0.15, 0.2) is 42.5 Å². The van der Waals surface area contributed by atoms with Crippen LogP contribution in [0.3, 0.4) is 0 Å². The van der Waals surface area contributed by atoms with Crippen molar-refractivity contribution in [2.45, 2.75) is 26.9 Å². The molecule has 1 aromatic heterocycles. The van der Waals surface area contributed by atoms with E-state index >= 15 is 0 Å². The number of carbonyl (C=O) groups is 1. The van der Waals surface area contributed by atoms with Crippen molar-refractivity contribution in [3.05, 3.63) is 53.7 Å². The van der Waals surface area contributed by atoms with E-state index in [9.17, 15) is 4.79 Å². The summed E-state index contributed by atoms with van der Waals surface area (Å²) in [5, 5.41) is 8.73. The van der Waals surface area contributed by atoms with E-state index in [2.05, 4.69) is 25.2 Å². The van der Waals surface area contributed by atoms with Gasteiger partial charge in [0.1, 0.15) is 0 Å². The molecule has 0 saturated carbocycles. The second kappa shape index (κ2) is 8.12. The van der Waals surface area contributed by atoms with E-state index in [1.165, 1.54) is 0 Å². The van der Waals surface area contributed by atoms with Crippen LogP contribution in [-0.4, -0.2) is 29.9 Å². The lowest BCUT2D eigenvalue weighted by Gasteiger charge is -2.09. The number of carbonyl (C=O) groups excluding carboxylic acids is 1. The van der Waals surface area contributed by atoms with E-state index in [0.717, 1.165) is 23.1 Å². The zero-order valence-corrected chi connectivity index (χ0v) is 16.2. The maximum atomic E-state index is 12.6. The highest BCUT2D eigenvalue weighted by molar-refractivity contribution is 5.95. The summed E-state index contributed by atoms with van der Waals surface area (Å²) in [7, 11) is 3.11. The number of hydrogen-bond acceptors (Lipinski definition) is 4. The molecule has 0 radical (unpaired) electrons. The van der Waals surface area contributed by atoms with Crippen LogP contribution < -0.4 is 14.8 Å². The summed E-state index contributed by atoms with van der Waals surface area (Å²) in [5.74, 6) is 1.42. The smallest absolute Gasteiger partial charge is 0.251 e. The highest BCUT2D eigenvalue weighted by Gasteiger charge is 2.14. The Morgan fingerprint density at radius 3 is 2.56 bits per heavy atom. The first-order valence-corrected chi connectivity index (χ1v) is 8.98. The topological polar surface area (TPSA) is 65.4 Å². The summed E-state index contributed by atoms with van der Waals surface area (Å²) in [6, 6.07) is 13.2. The molecule has 0 unspecified atom stereocenters. The molecule has 27 heavy (non-hydrogen) atoms. The molecule has 0 spiro atoms. The minimum Gasteiger partial charge on any atom is -0.493 e. The zero-order chi connectivity index (χ0) is 19.4. The van der Waals surface area contributed by atoms with Crippen molar-refractivity contribution in [3.8, 4) is 11.5 Å². The molecule has 3 rings (SSSR count). The first-order valence-electron chi connectivity index (χ1n) is 8.98. The number of hydrogen-bond donors (Lipinski definition) is 1. The number of ether oxygens (including phenoxy) is 2. The molecule has 0 aliphatic rings. The Kier molecular flexibility index (Phi) is 5.64. The molecule has 6 nitrogen and oxygen atoms in total. The van der Waals surface area contributed by atoms with Crippen LogP contribution >= 0.6 is 0 Å². The van der Waals surface area contributed by atoms with Gasteiger partial charge in [-0.2, -0.15) is 5.10 Å². The lowest BCUT2D eigenvalue weighted by atomic mass is 10.1. The largest absolute Gasteiger partial charge is 0.493 e. The molecule has 0 fully saturated rings. The molecular weight excluding hydrogens is 342 g/mol. The molecule has 1 heterocycles. The Labute approximate surface area is 159 Å². The van der Waals surface area contributed by atoms with Crippen LogP contribution in [-0.2, 0) is 13.1 Å². The SMILES string of the molecule is COc1ccc(C(=O)NCc2nn(CC(C)C)c3ccccc23)cc1OC. The summed E-state index contributed by atoms with van der Waals surface area (Å²) in [6.45, 7) is 5.52. The Hall–Kier alpha value is -3.02. The predicted molar refractivity (Wildman–Crippen MR) is 105 cm³/mol. The minimum atomic E-state index is -0.182. The average Bonchev–Trinajstić information content (AvgIpc) is 3.02. The number of amides is 1. The van der Waals surface area contributed by atoms with E-state index in [4.69, 9.17) is 14.6 Å². The Morgan fingerprint density at radius 2 is 1.85 bits per heavy atom. The van der Waals surface area contributed by atoms with Crippen LogP contribution in [0.5, 0.6) is 11.5 Å². The van der Waals surface area contributed by atoms with Crippen molar-refractivity contribution in [2.24, 2.45) is 5.92 Å². The molecule has 0 saturated heterocycles. The molecule has 2 aromatic carbocycles. The summed E-state index contributed by atoms with van der Waals surface area (Å²) >= 11 is 0. The van der Waals surface area contributed by atoms with Gasteiger partial charge < -0.3 is 14.8 Å². The third-order valence-corrected chi connectivity index (χ3v) is 4.33.